The lowest BCUT2D eigenvalue weighted by Crippen LogP contribution is -2.38. The zero-order chi connectivity index (χ0) is 19.0. The van der Waals surface area contributed by atoms with Crippen LogP contribution in [0.5, 0.6) is 0 Å². The average molecular weight is 376 g/mol. The molecule has 2 fully saturated rings. The fourth-order valence-electron chi connectivity index (χ4n) is 3.68. The summed E-state index contributed by atoms with van der Waals surface area (Å²) >= 11 is 0. The van der Waals surface area contributed by atoms with Gasteiger partial charge in [-0.15, -0.1) is 5.10 Å². The Labute approximate surface area is 155 Å². The lowest BCUT2D eigenvalue weighted by Gasteiger charge is -2.22. The van der Waals surface area contributed by atoms with Crippen LogP contribution in [-0.2, 0) is 6.54 Å². The number of carbonyl (C=O) groups excluding carboxylic acids is 2. The number of aryl methyl sites for hydroxylation is 1. The SMILES string of the molecule is Cc1cc(C(=O)N2C[C@@H](F)C[C@H]2Cn2cc(C(=O)N3CCCC3)nn2)no1. The van der Waals surface area contributed by atoms with Crippen molar-refractivity contribution in [2.45, 2.75) is 44.9 Å². The largest absolute Gasteiger partial charge is 0.361 e. The van der Waals surface area contributed by atoms with Gasteiger partial charge in [0.1, 0.15) is 11.9 Å². The first-order valence-electron chi connectivity index (χ1n) is 9.09. The number of rotatable bonds is 4. The van der Waals surface area contributed by atoms with Gasteiger partial charge in [0.2, 0.25) is 0 Å². The van der Waals surface area contributed by atoms with Gasteiger partial charge in [0.25, 0.3) is 11.8 Å². The van der Waals surface area contributed by atoms with E-state index in [4.69, 9.17) is 4.52 Å². The molecule has 0 radical (unpaired) electrons. The Bertz CT molecular complexity index is 843. The highest BCUT2D eigenvalue weighted by Crippen LogP contribution is 2.24. The van der Waals surface area contributed by atoms with Crippen LogP contribution in [0.25, 0.3) is 0 Å². The summed E-state index contributed by atoms with van der Waals surface area (Å²) in [6, 6.07) is 1.15. The van der Waals surface area contributed by atoms with Crippen LogP contribution in [0.3, 0.4) is 0 Å². The minimum Gasteiger partial charge on any atom is -0.361 e. The van der Waals surface area contributed by atoms with Crippen molar-refractivity contribution >= 4 is 11.8 Å². The maximum Gasteiger partial charge on any atom is 0.276 e. The topological polar surface area (TPSA) is 97.4 Å². The van der Waals surface area contributed by atoms with E-state index in [2.05, 4.69) is 15.5 Å². The molecule has 2 aromatic rings. The number of nitrogens with zero attached hydrogens (tertiary/aromatic N) is 6. The van der Waals surface area contributed by atoms with E-state index < -0.39 is 6.17 Å². The lowest BCUT2D eigenvalue weighted by molar-refractivity contribution is 0.0703. The van der Waals surface area contributed by atoms with E-state index in [1.807, 2.05) is 0 Å². The Kier molecular flexibility index (Phi) is 4.63. The molecule has 2 amide bonds. The number of hydrogen-bond acceptors (Lipinski definition) is 6. The Morgan fingerprint density at radius 3 is 2.74 bits per heavy atom. The highest BCUT2D eigenvalue weighted by atomic mass is 19.1. The summed E-state index contributed by atoms with van der Waals surface area (Å²) in [6.45, 7) is 3.43. The van der Waals surface area contributed by atoms with Gasteiger partial charge in [0.15, 0.2) is 11.4 Å². The Morgan fingerprint density at radius 2 is 2.04 bits per heavy atom. The first-order chi connectivity index (χ1) is 13.0. The molecule has 144 valence electrons. The van der Waals surface area contributed by atoms with E-state index in [1.54, 1.807) is 18.0 Å². The van der Waals surface area contributed by atoms with Gasteiger partial charge in [-0.25, -0.2) is 9.07 Å². The predicted molar refractivity (Wildman–Crippen MR) is 90.7 cm³/mol. The van der Waals surface area contributed by atoms with Gasteiger partial charge in [-0.3, -0.25) is 9.59 Å². The van der Waals surface area contributed by atoms with Crippen molar-refractivity contribution < 1.29 is 18.5 Å². The van der Waals surface area contributed by atoms with Gasteiger partial charge in [-0.2, -0.15) is 0 Å². The molecule has 0 aliphatic carbocycles. The Morgan fingerprint density at radius 1 is 1.26 bits per heavy atom. The van der Waals surface area contributed by atoms with Crippen LogP contribution in [0.2, 0.25) is 0 Å². The maximum absolute atomic E-state index is 14.0. The molecule has 10 heteroatoms. The normalized spacial score (nSPS) is 22.6. The van der Waals surface area contributed by atoms with Crippen LogP contribution >= 0.6 is 0 Å². The molecule has 2 saturated heterocycles. The summed E-state index contributed by atoms with van der Waals surface area (Å²) < 4.78 is 20.4. The molecule has 0 unspecified atom stereocenters. The monoisotopic (exact) mass is 376 g/mol. The smallest absolute Gasteiger partial charge is 0.276 e. The molecule has 4 heterocycles. The van der Waals surface area contributed by atoms with Gasteiger partial charge in [-0.05, 0) is 19.8 Å². The standard InChI is InChI=1S/C17H21FN6O3/c1-11-6-14(20-27-11)17(26)24-8-12(18)7-13(24)9-23-10-15(19-21-23)16(25)22-4-2-3-5-22/h6,10,12-13H,2-5,7-9H2,1H3/t12-,13-/m0/s1. The molecule has 2 aromatic heterocycles. The summed E-state index contributed by atoms with van der Waals surface area (Å²) in [6.07, 6.45) is 2.66. The minimum absolute atomic E-state index is 0.00364. The molecule has 9 nitrogen and oxygen atoms in total. The quantitative estimate of drug-likeness (QED) is 0.792. The van der Waals surface area contributed by atoms with Crippen LogP contribution < -0.4 is 0 Å². The number of carbonyl (C=O) groups is 2. The summed E-state index contributed by atoms with van der Waals surface area (Å²) in [5, 5.41) is 11.7. The zero-order valence-corrected chi connectivity index (χ0v) is 15.0. The molecule has 4 rings (SSSR count). The van der Waals surface area contributed by atoms with Crippen molar-refractivity contribution in [2.24, 2.45) is 0 Å². The fourth-order valence-corrected chi connectivity index (χ4v) is 3.68. The molecule has 0 saturated carbocycles. The molecule has 2 aliphatic heterocycles. The van der Waals surface area contributed by atoms with E-state index in [1.165, 1.54) is 15.6 Å². The number of amides is 2. The van der Waals surface area contributed by atoms with Gasteiger partial charge in [-0.1, -0.05) is 10.4 Å². The second-order valence-corrected chi connectivity index (χ2v) is 7.09. The molecule has 0 aromatic carbocycles. The molecule has 2 atom stereocenters. The van der Waals surface area contributed by atoms with Gasteiger partial charge in [0, 0.05) is 25.6 Å². The van der Waals surface area contributed by atoms with Crippen molar-refractivity contribution in [3.63, 3.8) is 0 Å². The summed E-state index contributed by atoms with van der Waals surface area (Å²) in [5.41, 5.74) is 0.437. The number of hydrogen-bond donors (Lipinski definition) is 0. The van der Waals surface area contributed by atoms with Crippen molar-refractivity contribution in [3.8, 4) is 0 Å². The second kappa shape index (κ2) is 7.09. The van der Waals surface area contributed by atoms with E-state index in [0.29, 0.717) is 5.76 Å². The van der Waals surface area contributed by atoms with Crippen LogP contribution in [-0.4, -0.2) is 73.6 Å². The lowest BCUT2D eigenvalue weighted by atomic mass is 10.2. The number of halogens is 1. The van der Waals surface area contributed by atoms with E-state index in [0.717, 1.165) is 25.9 Å². The number of alkyl halides is 1. The predicted octanol–water partition coefficient (Wildman–Crippen LogP) is 1.06. The van der Waals surface area contributed by atoms with Crippen LogP contribution in [0.4, 0.5) is 4.39 Å². The summed E-state index contributed by atoms with van der Waals surface area (Å²) in [7, 11) is 0. The zero-order valence-electron chi connectivity index (χ0n) is 15.0. The second-order valence-electron chi connectivity index (χ2n) is 7.09. The number of aromatic nitrogens is 4. The van der Waals surface area contributed by atoms with Crippen LogP contribution in [0, 0.1) is 6.92 Å². The van der Waals surface area contributed by atoms with Crippen LogP contribution in [0.1, 0.15) is 46.0 Å². The Hall–Kier alpha value is -2.78. The highest BCUT2D eigenvalue weighted by molar-refractivity contribution is 5.93. The first kappa shape index (κ1) is 17.6. The third-order valence-corrected chi connectivity index (χ3v) is 5.02. The summed E-state index contributed by atoms with van der Waals surface area (Å²) in [5.74, 6) is 0.0114. The van der Waals surface area contributed by atoms with E-state index in [9.17, 15) is 14.0 Å². The third kappa shape index (κ3) is 3.56. The van der Waals surface area contributed by atoms with Crippen molar-refractivity contribution in [3.05, 3.63) is 29.4 Å². The molecular formula is C17H21FN6O3. The maximum atomic E-state index is 14.0. The van der Waals surface area contributed by atoms with Crippen LogP contribution in [0.15, 0.2) is 16.8 Å². The molecule has 27 heavy (non-hydrogen) atoms. The van der Waals surface area contributed by atoms with E-state index >= 15 is 0 Å². The fraction of sp³-hybridized carbons (Fsp3) is 0.588. The molecule has 2 aliphatic rings. The van der Waals surface area contributed by atoms with E-state index in [-0.39, 0.29) is 48.8 Å². The molecular weight excluding hydrogens is 355 g/mol. The van der Waals surface area contributed by atoms with Crippen molar-refractivity contribution in [1.29, 1.82) is 0 Å². The van der Waals surface area contributed by atoms with Gasteiger partial charge >= 0.3 is 0 Å². The first-order valence-corrected chi connectivity index (χ1v) is 9.09. The van der Waals surface area contributed by atoms with Gasteiger partial charge in [0.05, 0.1) is 25.3 Å². The van der Waals surface area contributed by atoms with Crippen molar-refractivity contribution in [1.82, 2.24) is 30.0 Å². The molecule has 0 spiro atoms. The summed E-state index contributed by atoms with van der Waals surface area (Å²) in [4.78, 5) is 28.2. The van der Waals surface area contributed by atoms with Crippen molar-refractivity contribution in [2.75, 3.05) is 19.6 Å². The minimum atomic E-state index is -1.11. The molecule has 0 bridgehead atoms. The highest BCUT2D eigenvalue weighted by Gasteiger charge is 2.37. The number of likely N-dealkylation sites (tertiary alicyclic amines) is 2. The molecule has 0 N–H and O–H groups in total. The average Bonchev–Trinajstić information content (AvgIpc) is 3.41. The van der Waals surface area contributed by atoms with Gasteiger partial charge < -0.3 is 14.3 Å². The third-order valence-electron chi connectivity index (χ3n) is 5.02. The Balaban J connectivity index is 1.46.